The summed E-state index contributed by atoms with van der Waals surface area (Å²) in [4.78, 5) is 72.7. The number of hydrogen-bond acceptors (Lipinski definition) is 15. The van der Waals surface area contributed by atoms with Crippen molar-refractivity contribution in [1.82, 2.24) is 0 Å². The number of carbonyl (C=O) groups excluding carboxylic acids is 4. The minimum Gasteiger partial charge on any atom is -0.462 e. The van der Waals surface area contributed by atoms with E-state index in [0.717, 1.165) is 154 Å². The molecule has 5 atom stereocenters. The molecule has 560 valence electrons. The maximum absolute atomic E-state index is 13.1. The fraction of sp³-hybridized carbons (Fsp3) is 0.671. The fourth-order valence-corrected chi connectivity index (χ4v) is 11.0. The summed E-state index contributed by atoms with van der Waals surface area (Å²) in [5.41, 5.74) is 0. The smallest absolute Gasteiger partial charge is 0.462 e. The van der Waals surface area contributed by atoms with Gasteiger partial charge in [0.25, 0.3) is 0 Å². The van der Waals surface area contributed by atoms with Crippen LogP contribution in [0.2, 0.25) is 0 Å². The van der Waals surface area contributed by atoms with Gasteiger partial charge in [-0.25, -0.2) is 9.13 Å². The number of allylic oxidation sites excluding steroid dienone is 21. The molecule has 0 aliphatic rings. The van der Waals surface area contributed by atoms with Crippen LogP contribution in [0.3, 0.4) is 0 Å². The third kappa shape index (κ3) is 69.7. The van der Waals surface area contributed by atoms with Gasteiger partial charge in [-0.05, 0) is 141 Å². The summed E-state index contributed by atoms with van der Waals surface area (Å²) < 4.78 is 68.2. The molecule has 0 aromatic rings. The fourth-order valence-electron chi connectivity index (χ4n) is 9.45. The van der Waals surface area contributed by atoms with Crippen LogP contribution in [0.1, 0.15) is 285 Å². The summed E-state index contributed by atoms with van der Waals surface area (Å²) in [5.74, 6) is -2.37. The Morgan fingerprint density at radius 1 is 0.306 bits per heavy atom. The van der Waals surface area contributed by atoms with Crippen LogP contribution >= 0.6 is 15.6 Å². The summed E-state index contributed by atoms with van der Waals surface area (Å²) in [5, 5.41) is 10.6. The minimum atomic E-state index is -5.01. The molecule has 0 bridgehead atoms. The van der Waals surface area contributed by atoms with Gasteiger partial charge >= 0.3 is 39.5 Å². The molecule has 0 heterocycles. The Balaban J connectivity index is 5.45. The topological polar surface area (TPSA) is 237 Å². The molecule has 0 aliphatic heterocycles. The molecule has 3 N–H and O–H groups in total. The molecule has 0 amide bonds. The van der Waals surface area contributed by atoms with Crippen molar-refractivity contribution >= 4 is 39.5 Å². The lowest BCUT2D eigenvalue weighted by Crippen LogP contribution is -2.30. The lowest BCUT2D eigenvalue weighted by atomic mass is 10.1. The zero-order chi connectivity index (χ0) is 71.8. The quantitative estimate of drug-likeness (QED) is 0.0169. The molecule has 0 radical (unpaired) electrons. The number of rotatable bonds is 69. The lowest BCUT2D eigenvalue weighted by molar-refractivity contribution is -0.161. The molecule has 0 saturated carbocycles. The number of hydrogen-bond donors (Lipinski definition) is 3. The Bertz CT molecular complexity index is 2380. The second kappa shape index (κ2) is 70.6. The summed E-state index contributed by atoms with van der Waals surface area (Å²) in [6.45, 7) is 4.44. The van der Waals surface area contributed by atoms with E-state index >= 15 is 0 Å². The van der Waals surface area contributed by atoms with Crippen LogP contribution in [0.15, 0.2) is 134 Å². The van der Waals surface area contributed by atoms with Crippen molar-refractivity contribution in [3.05, 3.63) is 134 Å². The summed E-state index contributed by atoms with van der Waals surface area (Å²) in [6.07, 6.45) is 77.7. The first-order chi connectivity index (χ1) is 47.7. The molecule has 19 heteroatoms. The van der Waals surface area contributed by atoms with Gasteiger partial charge in [0.05, 0.1) is 32.8 Å². The predicted octanol–water partition coefficient (Wildman–Crippen LogP) is 21.3. The van der Waals surface area contributed by atoms with Crippen molar-refractivity contribution < 1.29 is 80.2 Å². The molecule has 5 unspecified atom stereocenters. The van der Waals surface area contributed by atoms with Gasteiger partial charge in [-0.2, -0.15) is 0 Å². The number of carbonyl (C=O) groups is 4. The van der Waals surface area contributed by atoms with Crippen molar-refractivity contribution in [3.63, 3.8) is 0 Å². The average molecular weight is 1420 g/mol. The molecule has 0 saturated heterocycles. The minimum absolute atomic E-state index is 0.0785. The molecule has 0 aromatic carbocycles. The van der Waals surface area contributed by atoms with Crippen LogP contribution in [-0.2, 0) is 65.4 Å². The number of phosphoric acid groups is 2. The number of aliphatic hydroxyl groups excluding tert-OH is 1. The zero-order valence-electron chi connectivity index (χ0n) is 60.9. The number of aliphatic hydroxyl groups is 1. The third-order valence-corrected chi connectivity index (χ3v) is 17.0. The highest BCUT2D eigenvalue weighted by atomic mass is 31.2. The Morgan fingerprint density at radius 2 is 0.571 bits per heavy atom. The lowest BCUT2D eigenvalue weighted by Gasteiger charge is -2.21. The highest BCUT2D eigenvalue weighted by Gasteiger charge is 2.30. The molecule has 0 spiro atoms. The number of unbranched alkanes of at least 4 members (excludes halogenated alkanes) is 22. The van der Waals surface area contributed by atoms with Gasteiger partial charge in [-0.1, -0.05) is 251 Å². The van der Waals surface area contributed by atoms with Crippen LogP contribution in [0, 0.1) is 0 Å². The maximum atomic E-state index is 13.1. The Labute approximate surface area is 593 Å². The Hall–Kier alpha value is -4.80. The third-order valence-electron chi connectivity index (χ3n) is 15.1. The highest BCUT2D eigenvalue weighted by Crippen LogP contribution is 2.45. The van der Waals surface area contributed by atoms with E-state index < -0.39 is 97.5 Å². The van der Waals surface area contributed by atoms with Crippen LogP contribution in [0.5, 0.6) is 0 Å². The van der Waals surface area contributed by atoms with E-state index in [1.165, 1.54) is 51.4 Å². The van der Waals surface area contributed by atoms with E-state index in [1.54, 1.807) is 12.2 Å². The normalized spacial score (nSPS) is 14.7. The van der Waals surface area contributed by atoms with Crippen molar-refractivity contribution in [1.29, 1.82) is 0 Å². The van der Waals surface area contributed by atoms with Crippen molar-refractivity contribution in [3.8, 4) is 0 Å². The highest BCUT2D eigenvalue weighted by molar-refractivity contribution is 7.47. The van der Waals surface area contributed by atoms with E-state index in [2.05, 4.69) is 137 Å². The SMILES string of the molecule is CC/C=C\C/C=C\C/C=C\C/C=C\C/C=C\CC(=O)OC(COC(=O)CCCCCC/C=C\C/C=C\C/C=C\C/C=C\CC)COP(=O)(O)OCC(O)COP(=O)(O)OCC(COC(=O)CCCCCCC/C=C\CCCCCC)OC(=O)CCCCCCC/C=C\CCCCCC. The van der Waals surface area contributed by atoms with Crippen molar-refractivity contribution in [2.45, 2.75) is 303 Å². The van der Waals surface area contributed by atoms with E-state index in [-0.39, 0.29) is 25.7 Å². The molecule has 0 rings (SSSR count). The second-order valence-corrected chi connectivity index (χ2v) is 27.4. The summed E-state index contributed by atoms with van der Waals surface area (Å²) in [6, 6.07) is 0. The molecule has 0 fully saturated rings. The van der Waals surface area contributed by atoms with Crippen molar-refractivity contribution in [2.24, 2.45) is 0 Å². The zero-order valence-corrected chi connectivity index (χ0v) is 62.7. The monoisotopic (exact) mass is 1410 g/mol. The van der Waals surface area contributed by atoms with Gasteiger partial charge < -0.3 is 33.8 Å². The van der Waals surface area contributed by atoms with Gasteiger partial charge in [0.15, 0.2) is 12.2 Å². The van der Waals surface area contributed by atoms with E-state index in [1.807, 2.05) is 12.2 Å². The number of phosphoric ester groups is 2. The molecular weight excluding hydrogens is 1280 g/mol. The maximum Gasteiger partial charge on any atom is 0.472 e. The van der Waals surface area contributed by atoms with E-state index in [0.29, 0.717) is 25.7 Å². The molecule has 0 aliphatic carbocycles. The summed E-state index contributed by atoms with van der Waals surface area (Å²) in [7, 11) is -9.99. The van der Waals surface area contributed by atoms with Gasteiger partial charge in [0.2, 0.25) is 0 Å². The van der Waals surface area contributed by atoms with Crippen LogP contribution < -0.4 is 0 Å². The first kappa shape index (κ1) is 93.2. The average Bonchev–Trinajstić information content (AvgIpc) is 1.02. The van der Waals surface area contributed by atoms with E-state index in [4.69, 9.17) is 37.0 Å². The summed E-state index contributed by atoms with van der Waals surface area (Å²) >= 11 is 0. The van der Waals surface area contributed by atoms with Crippen LogP contribution in [0.25, 0.3) is 0 Å². The van der Waals surface area contributed by atoms with Gasteiger partial charge in [-0.3, -0.25) is 37.3 Å². The molecular formula is C79H132O17P2. The second-order valence-electron chi connectivity index (χ2n) is 24.5. The predicted molar refractivity (Wildman–Crippen MR) is 399 cm³/mol. The molecule has 0 aromatic heterocycles. The molecule has 17 nitrogen and oxygen atoms in total. The Kier molecular flexibility index (Phi) is 67.2. The Morgan fingerprint density at radius 3 is 0.918 bits per heavy atom. The largest absolute Gasteiger partial charge is 0.472 e. The van der Waals surface area contributed by atoms with Gasteiger partial charge in [0, 0.05) is 19.3 Å². The van der Waals surface area contributed by atoms with E-state index in [9.17, 15) is 43.2 Å². The molecule has 98 heavy (non-hydrogen) atoms. The first-order valence-electron chi connectivity index (χ1n) is 37.4. The standard InChI is InChI=1S/C79H132O17P2/c1-5-9-13-17-21-25-29-33-35-36-38-41-44-48-52-56-60-64-77(82)90-70-75(96-79(84)66-62-58-54-50-46-42-37-34-30-26-22-18-14-10-6-2)72-94-98(87,88)92-68-73(80)67-91-97(85,86)93-71-74(95-78(83)65-61-57-53-49-45-40-32-28-24-20-16-12-8-4)69-89-76(81)63-59-55-51-47-43-39-31-27-23-19-15-11-7-3/h9-10,13-14,21-22,25-28,31-35,37-38,41,46,50,58,62,73-75,80H,5-8,11-12,15-20,23-24,29-30,36,39-40,42-45,47-49,51-57,59-61,63-72H2,1-4H3,(H,85,86)(H,87,88)/b13-9-,14-10-,25-21-,26-22-,31-27-,32-28-,35-33-,37-34-,41-38-,50-46-,62-58-. The number of esters is 4. The van der Waals surface area contributed by atoms with Gasteiger partial charge in [-0.15, -0.1) is 0 Å². The van der Waals surface area contributed by atoms with Crippen LogP contribution in [-0.4, -0.2) is 96.7 Å². The first-order valence-corrected chi connectivity index (χ1v) is 40.4. The number of ether oxygens (including phenoxy) is 4. The van der Waals surface area contributed by atoms with Crippen LogP contribution in [0.4, 0.5) is 0 Å². The van der Waals surface area contributed by atoms with Gasteiger partial charge in [0.1, 0.15) is 19.3 Å². The van der Waals surface area contributed by atoms with Crippen molar-refractivity contribution in [2.75, 3.05) is 39.6 Å².